The van der Waals surface area contributed by atoms with Crippen LogP contribution in [0.3, 0.4) is 0 Å². The molecule has 7 heteroatoms. The number of halogens is 2. The largest absolute Gasteiger partial charge is 0.497 e. The third-order valence-electron chi connectivity index (χ3n) is 4.33. The molecule has 4 rings (SSSR count). The van der Waals surface area contributed by atoms with Crippen molar-refractivity contribution >= 4 is 34.0 Å². The van der Waals surface area contributed by atoms with Crippen molar-refractivity contribution in [1.82, 2.24) is 15.0 Å². The fourth-order valence-electron chi connectivity index (χ4n) is 2.88. The van der Waals surface area contributed by atoms with Gasteiger partial charge in [0.1, 0.15) is 17.4 Å². The van der Waals surface area contributed by atoms with Crippen molar-refractivity contribution in [2.75, 3.05) is 12.4 Å². The van der Waals surface area contributed by atoms with E-state index in [0.717, 1.165) is 22.2 Å². The van der Waals surface area contributed by atoms with Crippen LogP contribution < -0.4 is 10.1 Å². The topological polar surface area (TPSA) is 59.9 Å². The molecule has 28 heavy (non-hydrogen) atoms. The van der Waals surface area contributed by atoms with Gasteiger partial charge in [-0.25, -0.2) is 14.4 Å². The Morgan fingerprint density at radius 2 is 1.93 bits per heavy atom. The highest BCUT2D eigenvalue weighted by Crippen LogP contribution is 2.31. The SMILES string of the molecule is COc1ccc2nc(-c3cccnc3C)nc(Nc3ccc(F)c(Cl)c3)c2c1. The maximum atomic E-state index is 13.5. The summed E-state index contributed by atoms with van der Waals surface area (Å²) in [6, 6.07) is 13.7. The standard InChI is InChI=1S/C21H16ClFN4O/c1-12-15(4-3-9-24-12)20-26-19-8-6-14(28-2)11-16(19)21(27-20)25-13-5-7-18(23)17(22)10-13/h3-11H,1-2H3,(H,25,26,27). The Hall–Kier alpha value is -3.25. The number of aromatic nitrogens is 3. The molecule has 5 nitrogen and oxygen atoms in total. The number of benzene rings is 2. The van der Waals surface area contributed by atoms with Crippen molar-refractivity contribution in [3.8, 4) is 17.1 Å². The molecule has 0 bridgehead atoms. The van der Waals surface area contributed by atoms with Gasteiger partial charge in [-0.1, -0.05) is 11.6 Å². The van der Waals surface area contributed by atoms with Gasteiger partial charge < -0.3 is 10.1 Å². The van der Waals surface area contributed by atoms with Gasteiger partial charge in [0.25, 0.3) is 0 Å². The molecule has 2 heterocycles. The lowest BCUT2D eigenvalue weighted by molar-refractivity contribution is 0.415. The molecule has 0 saturated carbocycles. The Morgan fingerprint density at radius 1 is 1.07 bits per heavy atom. The molecule has 0 aliphatic carbocycles. The molecule has 2 aromatic carbocycles. The van der Waals surface area contributed by atoms with Gasteiger partial charge in [-0.05, 0) is 55.5 Å². The summed E-state index contributed by atoms with van der Waals surface area (Å²) in [5, 5.41) is 4.02. The summed E-state index contributed by atoms with van der Waals surface area (Å²) in [6.07, 6.45) is 1.73. The molecule has 0 fully saturated rings. The number of nitrogens with zero attached hydrogens (tertiary/aromatic N) is 3. The molecule has 2 aromatic heterocycles. The molecule has 0 aliphatic heterocycles. The zero-order valence-electron chi connectivity index (χ0n) is 15.2. The van der Waals surface area contributed by atoms with Crippen LogP contribution in [0.25, 0.3) is 22.3 Å². The number of fused-ring (bicyclic) bond motifs is 1. The van der Waals surface area contributed by atoms with Crippen LogP contribution in [0.5, 0.6) is 5.75 Å². The first-order valence-corrected chi connectivity index (χ1v) is 8.93. The van der Waals surface area contributed by atoms with Gasteiger partial charge in [0.05, 0.1) is 17.6 Å². The first-order chi connectivity index (χ1) is 13.5. The molecule has 0 unspecified atom stereocenters. The number of rotatable bonds is 4. The first-order valence-electron chi connectivity index (χ1n) is 8.55. The second-order valence-corrected chi connectivity index (χ2v) is 6.58. The summed E-state index contributed by atoms with van der Waals surface area (Å²) in [5.74, 6) is 1.30. The van der Waals surface area contributed by atoms with E-state index in [1.165, 1.54) is 12.1 Å². The fourth-order valence-corrected chi connectivity index (χ4v) is 3.06. The van der Waals surface area contributed by atoms with Crippen LogP contribution in [0.4, 0.5) is 15.9 Å². The highest BCUT2D eigenvalue weighted by molar-refractivity contribution is 6.31. The Kier molecular flexibility index (Phi) is 4.79. The highest BCUT2D eigenvalue weighted by atomic mass is 35.5. The van der Waals surface area contributed by atoms with E-state index in [-0.39, 0.29) is 5.02 Å². The van der Waals surface area contributed by atoms with Crippen molar-refractivity contribution in [3.05, 3.63) is 71.3 Å². The first kappa shape index (κ1) is 18.1. The molecule has 140 valence electrons. The predicted octanol–water partition coefficient (Wildman–Crippen LogP) is 5.54. The molecule has 1 N–H and O–H groups in total. The van der Waals surface area contributed by atoms with E-state index in [4.69, 9.17) is 21.3 Å². The van der Waals surface area contributed by atoms with E-state index < -0.39 is 5.82 Å². The number of hydrogen-bond donors (Lipinski definition) is 1. The van der Waals surface area contributed by atoms with Gasteiger partial charge in [0, 0.05) is 28.5 Å². The van der Waals surface area contributed by atoms with Gasteiger partial charge in [-0.3, -0.25) is 4.98 Å². The van der Waals surface area contributed by atoms with E-state index in [2.05, 4.69) is 15.3 Å². The number of ether oxygens (including phenoxy) is 1. The number of nitrogens with one attached hydrogen (secondary N) is 1. The second kappa shape index (κ2) is 7.40. The maximum Gasteiger partial charge on any atom is 0.163 e. The molecule has 0 radical (unpaired) electrons. The lowest BCUT2D eigenvalue weighted by atomic mass is 10.1. The van der Waals surface area contributed by atoms with Crippen LogP contribution in [0, 0.1) is 12.7 Å². The number of aryl methyl sites for hydroxylation is 1. The van der Waals surface area contributed by atoms with E-state index >= 15 is 0 Å². The van der Waals surface area contributed by atoms with Crippen molar-refractivity contribution in [1.29, 1.82) is 0 Å². The van der Waals surface area contributed by atoms with Crippen LogP contribution in [-0.4, -0.2) is 22.1 Å². The zero-order chi connectivity index (χ0) is 19.7. The van der Waals surface area contributed by atoms with Crippen LogP contribution in [-0.2, 0) is 0 Å². The average Bonchev–Trinajstić information content (AvgIpc) is 2.70. The van der Waals surface area contributed by atoms with Crippen molar-refractivity contribution in [3.63, 3.8) is 0 Å². The van der Waals surface area contributed by atoms with Crippen LogP contribution in [0.2, 0.25) is 5.02 Å². The lowest BCUT2D eigenvalue weighted by Gasteiger charge is -2.13. The Bertz CT molecular complexity index is 1180. The molecule has 4 aromatic rings. The fraction of sp³-hybridized carbons (Fsp3) is 0.0952. The summed E-state index contributed by atoms with van der Waals surface area (Å²) in [5.41, 5.74) is 3.01. The van der Waals surface area contributed by atoms with Crippen LogP contribution in [0.15, 0.2) is 54.7 Å². The summed E-state index contributed by atoms with van der Waals surface area (Å²) in [4.78, 5) is 13.7. The minimum absolute atomic E-state index is 0.0317. The molecule has 0 atom stereocenters. The number of anilines is 2. The molecule has 0 amide bonds. The molecule has 0 spiro atoms. The van der Waals surface area contributed by atoms with Crippen molar-refractivity contribution in [2.24, 2.45) is 0 Å². The minimum atomic E-state index is -0.479. The molecule has 0 saturated heterocycles. The van der Waals surface area contributed by atoms with Gasteiger partial charge in [-0.2, -0.15) is 0 Å². The van der Waals surface area contributed by atoms with Crippen LogP contribution in [0.1, 0.15) is 5.69 Å². The Labute approximate surface area is 166 Å². The predicted molar refractivity (Wildman–Crippen MR) is 109 cm³/mol. The normalized spacial score (nSPS) is 10.9. The average molecular weight is 395 g/mol. The van der Waals surface area contributed by atoms with Crippen molar-refractivity contribution in [2.45, 2.75) is 6.92 Å². The van der Waals surface area contributed by atoms with E-state index in [1.54, 1.807) is 19.4 Å². The summed E-state index contributed by atoms with van der Waals surface area (Å²) in [6.45, 7) is 1.91. The number of pyridine rings is 1. The van der Waals surface area contributed by atoms with Gasteiger partial charge >= 0.3 is 0 Å². The maximum absolute atomic E-state index is 13.5. The van der Waals surface area contributed by atoms with E-state index in [1.807, 2.05) is 37.3 Å². The number of hydrogen-bond acceptors (Lipinski definition) is 5. The molecular formula is C21H16ClFN4O. The Balaban J connectivity index is 1.90. The summed E-state index contributed by atoms with van der Waals surface area (Å²) >= 11 is 5.92. The number of methoxy groups -OCH3 is 1. The lowest BCUT2D eigenvalue weighted by Crippen LogP contribution is -2.01. The molecular weight excluding hydrogens is 379 g/mol. The smallest absolute Gasteiger partial charge is 0.163 e. The van der Waals surface area contributed by atoms with E-state index in [0.29, 0.717) is 23.1 Å². The summed E-state index contributed by atoms with van der Waals surface area (Å²) in [7, 11) is 1.60. The van der Waals surface area contributed by atoms with E-state index in [9.17, 15) is 4.39 Å². The van der Waals surface area contributed by atoms with Gasteiger partial charge in [0.2, 0.25) is 0 Å². The quantitative estimate of drug-likeness (QED) is 0.492. The Morgan fingerprint density at radius 3 is 2.68 bits per heavy atom. The zero-order valence-corrected chi connectivity index (χ0v) is 16.0. The highest BCUT2D eigenvalue weighted by Gasteiger charge is 2.13. The minimum Gasteiger partial charge on any atom is -0.497 e. The van der Waals surface area contributed by atoms with Gasteiger partial charge in [0.15, 0.2) is 5.82 Å². The second-order valence-electron chi connectivity index (χ2n) is 6.17. The van der Waals surface area contributed by atoms with Crippen molar-refractivity contribution < 1.29 is 9.13 Å². The van der Waals surface area contributed by atoms with Gasteiger partial charge in [-0.15, -0.1) is 0 Å². The third-order valence-corrected chi connectivity index (χ3v) is 4.62. The summed E-state index contributed by atoms with van der Waals surface area (Å²) < 4.78 is 18.8. The molecule has 0 aliphatic rings. The third kappa shape index (κ3) is 3.46. The van der Waals surface area contributed by atoms with Crippen LogP contribution >= 0.6 is 11.6 Å². The monoisotopic (exact) mass is 394 g/mol.